The van der Waals surface area contributed by atoms with Gasteiger partial charge in [-0.15, -0.1) is 0 Å². The number of hydrogen-bond donors (Lipinski definition) is 1. The zero-order valence-corrected chi connectivity index (χ0v) is 17.7. The molecule has 7 heteroatoms. The lowest BCUT2D eigenvalue weighted by Crippen LogP contribution is -2.13. The molecule has 3 rings (SSSR count). The van der Waals surface area contributed by atoms with Crippen LogP contribution in [-0.4, -0.2) is 19.8 Å². The molecule has 27 heavy (non-hydrogen) atoms. The van der Waals surface area contributed by atoms with E-state index in [-0.39, 0.29) is 0 Å². The van der Waals surface area contributed by atoms with Crippen molar-refractivity contribution >= 4 is 38.8 Å². The summed E-state index contributed by atoms with van der Waals surface area (Å²) in [6, 6.07) is 16.3. The molecule has 0 fully saturated rings. The van der Waals surface area contributed by atoms with E-state index < -0.39 is 0 Å². The fraction of sp³-hybridized carbons (Fsp3) is 0.250. The van der Waals surface area contributed by atoms with Crippen LogP contribution < -0.4 is 10.1 Å². The van der Waals surface area contributed by atoms with Crippen LogP contribution in [0.1, 0.15) is 25.2 Å². The summed E-state index contributed by atoms with van der Waals surface area (Å²) in [6.07, 6.45) is 1.47. The van der Waals surface area contributed by atoms with Gasteiger partial charge in [0.2, 0.25) is 0 Å². The maximum absolute atomic E-state index is 5.87. The van der Waals surface area contributed by atoms with Gasteiger partial charge in [-0.25, -0.2) is 4.68 Å². The largest absolute Gasteiger partial charge is 0.424 e. The second-order valence-corrected chi connectivity index (χ2v) is 7.37. The SMILES string of the molecule is CCc1ccc(NC(=S)Cc2nc(Oc3ccc(Br)cc3)n(CC)n2)cc1. The first-order valence-corrected chi connectivity index (χ1v) is 10.0. The van der Waals surface area contributed by atoms with E-state index in [9.17, 15) is 0 Å². The summed E-state index contributed by atoms with van der Waals surface area (Å²) in [4.78, 5) is 5.17. The Balaban J connectivity index is 1.66. The number of thiocarbonyl (C=S) groups is 1. The van der Waals surface area contributed by atoms with Gasteiger partial charge in [0.05, 0.1) is 11.4 Å². The minimum atomic E-state index is 0.453. The molecule has 0 amide bonds. The van der Waals surface area contributed by atoms with Gasteiger partial charge in [-0.2, -0.15) is 10.1 Å². The van der Waals surface area contributed by atoms with E-state index in [0.29, 0.717) is 35.5 Å². The molecule has 0 aliphatic carbocycles. The van der Waals surface area contributed by atoms with Crippen LogP contribution in [0, 0.1) is 0 Å². The highest BCUT2D eigenvalue weighted by atomic mass is 79.9. The third kappa shape index (κ3) is 5.37. The number of nitrogens with one attached hydrogen (secondary N) is 1. The Morgan fingerprint density at radius 2 is 1.81 bits per heavy atom. The molecule has 140 valence electrons. The zero-order chi connectivity index (χ0) is 19.2. The van der Waals surface area contributed by atoms with E-state index in [4.69, 9.17) is 17.0 Å². The molecule has 0 saturated heterocycles. The van der Waals surface area contributed by atoms with Gasteiger partial charge in [0.25, 0.3) is 0 Å². The Kier molecular flexibility index (Phi) is 6.58. The minimum absolute atomic E-state index is 0.453. The summed E-state index contributed by atoms with van der Waals surface area (Å²) in [7, 11) is 0. The van der Waals surface area contributed by atoms with Crippen molar-refractivity contribution in [3.8, 4) is 11.8 Å². The van der Waals surface area contributed by atoms with E-state index in [1.54, 1.807) is 4.68 Å². The molecular formula is C20H21BrN4OS. The van der Waals surface area contributed by atoms with Crippen LogP contribution in [0.4, 0.5) is 5.69 Å². The lowest BCUT2D eigenvalue weighted by molar-refractivity contribution is 0.402. The quantitative estimate of drug-likeness (QED) is 0.494. The predicted molar refractivity (Wildman–Crippen MR) is 116 cm³/mol. The van der Waals surface area contributed by atoms with Crippen LogP contribution in [0.15, 0.2) is 53.0 Å². The Labute approximate surface area is 172 Å². The van der Waals surface area contributed by atoms with E-state index in [1.807, 2.05) is 43.3 Å². The van der Waals surface area contributed by atoms with Gasteiger partial charge in [0, 0.05) is 16.7 Å². The number of aryl methyl sites for hydroxylation is 2. The zero-order valence-electron chi connectivity index (χ0n) is 15.3. The fourth-order valence-corrected chi connectivity index (χ4v) is 3.02. The first-order chi connectivity index (χ1) is 13.1. The van der Waals surface area contributed by atoms with Gasteiger partial charge >= 0.3 is 6.01 Å². The second-order valence-electron chi connectivity index (χ2n) is 5.96. The Morgan fingerprint density at radius 1 is 1.11 bits per heavy atom. The third-order valence-electron chi connectivity index (χ3n) is 3.97. The minimum Gasteiger partial charge on any atom is -0.424 e. The summed E-state index contributed by atoms with van der Waals surface area (Å²) in [5, 5.41) is 7.74. The number of ether oxygens (including phenoxy) is 1. The molecule has 3 aromatic rings. The highest BCUT2D eigenvalue weighted by Crippen LogP contribution is 2.22. The summed E-state index contributed by atoms with van der Waals surface area (Å²) in [5.74, 6) is 1.34. The number of benzene rings is 2. The van der Waals surface area contributed by atoms with Crippen LogP contribution >= 0.6 is 28.1 Å². The maximum Gasteiger partial charge on any atom is 0.320 e. The summed E-state index contributed by atoms with van der Waals surface area (Å²) >= 11 is 8.88. The van der Waals surface area contributed by atoms with Crippen LogP contribution in [0.2, 0.25) is 0 Å². The first kappa shape index (κ1) is 19.5. The van der Waals surface area contributed by atoms with E-state index in [2.05, 4.69) is 50.4 Å². The predicted octanol–water partition coefficient (Wildman–Crippen LogP) is 5.40. The molecule has 2 aromatic carbocycles. The molecule has 1 aromatic heterocycles. The van der Waals surface area contributed by atoms with Crippen LogP contribution in [0.5, 0.6) is 11.8 Å². The van der Waals surface area contributed by atoms with Gasteiger partial charge < -0.3 is 10.1 Å². The maximum atomic E-state index is 5.87. The summed E-state index contributed by atoms with van der Waals surface area (Å²) in [5.41, 5.74) is 2.27. The van der Waals surface area contributed by atoms with E-state index in [0.717, 1.165) is 16.6 Å². The van der Waals surface area contributed by atoms with Crippen molar-refractivity contribution in [1.82, 2.24) is 14.8 Å². The Bertz CT molecular complexity index is 907. The average molecular weight is 445 g/mol. The molecule has 0 radical (unpaired) electrons. The summed E-state index contributed by atoms with van der Waals surface area (Å²) in [6.45, 7) is 4.80. The van der Waals surface area contributed by atoms with Gasteiger partial charge in [-0.05, 0) is 55.3 Å². The smallest absolute Gasteiger partial charge is 0.320 e. The second kappa shape index (κ2) is 9.10. The van der Waals surface area contributed by atoms with Crippen LogP contribution in [-0.2, 0) is 19.4 Å². The van der Waals surface area contributed by atoms with Crippen molar-refractivity contribution in [2.45, 2.75) is 33.2 Å². The van der Waals surface area contributed by atoms with E-state index >= 15 is 0 Å². The van der Waals surface area contributed by atoms with Crippen molar-refractivity contribution in [3.05, 3.63) is 64.4 Å². The topological polar surface area (TPSA) is 52.0 Å². The molecule has 0 bridgehead atoms. The number of anilines is 1. The van der Waals surface area contributed by atoms with Crippen LogP contribution in [0.3, 0.4) is 0 Å². The van der Waals surface area contributed by atoms with Gasteiger partial charge in [0.15, 0.2) is 5.82 Å². The number of halogens is 1. The summed E-state index contributed by atoms with van der Waals surface area (Å²) < 4.78 is 8.59. The molecule has 0 aliphatic rings. The molecule has 5 nitrogen and oxygen atoms in total. The first-order valence-electron chi connectivity index (χ1n) is 8.83. The van der Waals surface area contributed by atoms with Crippen molar-refractivity contribution in [1.29, 1.82) is 0 Å². The van der Waals surface area contributed by atoms with Gasteiger partial charge in [0.1, 0.15) is 5.75 Å². The lowest BCUT2D eigenvalue weighted by Gasteiger charge is -2.06. The van der Waals surface area contributed by atoms with Crippen molar-refractivity contribution in [2.75, 3.05) is 5.32 Å². The Hall–Kier alpha value is -2.25. The molecule has 0 spiro atoms. The normalized spacial score (nSPS) is 10.6. The van der Waals surface area contributed by atoms with Crippen molar-refractivity contribution in [3.63, 3.8) is 0 Å². The van der Waals surface area contributed by atoms with Crippen molar-refractivity contribution < 1.29 is 4.74 Å². The molecule has 0 aliphatic heterocycles. The number of rotatable bonds is 7. The third-order valence-corrected chi connectivity index (χ3v) is 4.74. The number of aromatic nitrogens is 3. The highest BCUT2D eigenvalue weighted by molar-refractivity contribution is 9.10. The lowest BCUT2D eigenvalue weighted by atomic mass is 10.1. The molecule has 0 unspecified atom stereocenters. The highest BCUT2D eigenvalue weighted by Gasteiger charge is 2.13. The average Bonchev–Trinajstić information content (AvgIpc) is 3.05. The molecular weight excluding hydrogens is 424 g/mol. The molecule has 1 N–H and O–H groups in total. The van der Waals surface area contributed by atoms with Gasteiger partial charge in [-0.1, -0.05) is 47.2 Å². The number of nitrogens with zero attached hydrogens (tertiary/aromatic N) is 3. The van der Waals surface area contributed by atoms with E-state index in [1.165, 1.54) is 5.56 Å². The fourth-order valence-electron chi connectivity index (χ4n) is 2.51. The molecule has 0 atom stereocenters. The number of hydrogen-bond acceptors (Lipinski definition) is 4. The van der Waals surface area contributed by atoms with Gasteiger partial charge in [-0.3, -0.25) is 0 Å². The Morgan fingerprint density at radius 3 is 2.44 bits per heavy atom. The monoisotopic (exact) mass is 444 g/mol. The van der Waals surface area contributed by atoms with Crippen molar-refractivity contribution in [2.24, 2.45) is 0 Å². The van der Waals surface area contributed by atoms with Crippen LogP contribution in [0.25, 0.3) is 0 Å². The molecule has 1 heterocycles. The standard InChI is InChI=1S/C20H21BrN4OS/c1-3-14-5-9-16(10-6-14)22-19(27)13-18-23-20(25(4-2)24-18)26-17-11-7-15(21)8-12-17/h5-12H,3-4,13H2,1-2H3,(H,22,27). The molecule has 0 saturated carbocycles.